The third-order valence-electron chi connectivity index (χ3n) is 3.66. The van der Waals surface area contributed by atoms with Gasteiger partial charge in [-0.1, -0.05) is 12.1 Å². The average molecular weight is 448 g/mol. The molecule has 28 heavy (non-hydrogen) atoms. The number of hydrogen-bond acceptors (Lipinski definition) is 6. The molecular weight excluding hydrogens is 421 g/mol. The highest BCUT2D eigenvalue weighted by Gasteiger charge is 2.10. The first-order valence-electron chi connectivity index (χ1n) is 8.44. The second kappa shape index (κ2) is 13.5. The Morgan fingerprint density at radius 3 is 2.39 bits per heavy atom. The van der Waals surface area contributed by atoms with Crippen molar-refractivity contribution in [3.05, 3.63) is 51.5 Å². The second-order valence-electron chi connectivity index (χ2n) is 6.10. The lowest BCUT2D eigenvalue weighted by Crippen LogP contribution is -2.31. The van der Waals surface area contributed by atoms with E-state index < -0.39 is 0 Å². The van der Waals surface area contributed by atoms with Gasteiger partial charge >= 0.3 is 0 Å². The summed E-state index contributed by atoms with van der Waals surface area (Å²) in [7, 11) is 3.92. The molecule has 0 saturated carbocycles. The molecule has 1 heterocycles. The molecule has 0 aliphatic heterocycles. The van der Waals surface area contributed by atoms with Crippen LogP contribution in [0.3, 0.4) is 0 Å². The van der Waals surface area contributed by atoms with Crippen molar-refractivity contribution in [2.45, 2.75) is 13.0 Å². The lowest BCUT2D eigenvalue weighted by Gasteiger charge is -2.10. The van der Waals surface area contributed by atoms with Gasteiger partial charge in [-0.15, -0.1) is 36.2 Å². The molecule has 156 valence electrons. The molecule has 0 fully saturated rings. The Balaban J connectivity index is 0.00000364. The van der Waals surface area contributed by atoms with E-state index in [-0.39, 0.29) is 36.6 Å². The van der Waals surface area contributed by atoms with Crippen LogP contribution in [0.15, 0.2) is 29.6 Å². The summed E-state index contributed by atoms with van der Waals surface area (Å²) in [6.45, 7) is 2.29. The molecule has 0 atom stereocenters. The van der Waals surface area contributed by atoms with Gasteiger partial charge in [0, 0.05) is 37.0 Å². The first kappa shape index (κ1) is 26.3. The molecule has 2 rings (SSSR count). The van der Waals surface area contributed by atoms with Crippen molar-refractivity contribution in [2.24, 2.45) is 5.73 Å². The maximum absolute atomic E-state index is 12.1. The predicted octanol–water partition coefficient (Wildman–Crippen LogP) is 1.71. The fourth-order valence-electron chi connectivity index (χ4n) is 2.20. The summed E-state index contributed by atoms with van der Waals surface area (Å²) < 4.78 is 0. The quantitative estimate of drug-likeness (QED) is 0.542. The summed E-state index contributed by atoms with van der Waals surface area (Å²) in [5.74, 6) is -0.313. The van der Waals surface area contributed by atoms with E-state index in [1.807, 2.05) is 31.1 Å². The Morgan fingerprint density at radius 1 is 1.11 bits per heavy atom. The van der Waals surface area contributed by atoms with Gasteiger partial charge in [0.05, 0.1) is 5.01 Å². The summed E-state index contributed by atoms with van der Waals surface area (Å²) in [5, 5.41) is 8.30. The zero-order chi connectivity index (χ0) is 18.9. The molecule has 2 amide bonds. The molecule has 0 radical (unpaired) electrons. The molecule has 4 N–H and O–H groups in total. The van der Waals surface area contributed by atoms with Gasteiger partial charge < -0.3 is 21.3 Å². The number of nitrogens with two attached hydrogens (primary N) is 1. The third-order valence-corrected chi connectivity index (χ3v) is 4.56. The minimum Gasteiger partial charge on any atom is -0.351 e. The van der Waals surface area contributed by atoms with Gasteiger partial charge in [0.15, 0.2) is 0 Å². The molecule has 7 nitrogen and oxygen atoms in total. The van der Waals surface area contributed by atoms with Crippen molar-refractivity contribution in [1.29, 1.82) is 0 Å². The number of benzene rings is 1. The van der Waals surface area contributed by atoms with Crippen LogP contribution in [0.2, 0.25) is 0 Å². The lowest BCUT2D eigenvalue weighted by atomic mass is 10.1. The first-order chi connectivity index (χ1) is 12.5. The number of thiazole rings is 1. The van der Waals surface area contributed by atoms with Crippen LogP contribution in [-0.2, 0) is 13.0 Å². The van der Waals surface area contributed by atoms with Gasteiger partial charge in [0.1, 0.15) is 5.69 Å². The molecule has 10 heteroatoms. The summed E-state index contributed by atoms with van der Waals surface area (Å²) in [6, 6.07) is 7.19. The van der Waals surface area contributed by atoms with E-state index in [0.29, 0.717) is 37.3 Å². The fraction of sp³-hybridized carbons (Fsp3) is 0.389. The van der Waals surface area contributed by atoms with Crippen molar-refractivity contribution in [3.8, 4) is 0 Å². The smallest absolute Gasteiger partial charge is 0.271 e. The molecule has 0 aliphatic rings. The first-order valence-corrected chi connectivity index (χ1v) is 9.32. The molecule has 1 aromatic carbocycles. The van der Waals surface area contributed by atoms with Crippen molar-refractivity contribution in [1.82, 2.24) is 20.5 Å². The van der Waals surface area contributed by atoms with Crippen LogP contribution < -0.4 is 16.4 Å². The Morgan fingerprint density at radius 2 is 1.79 bits per heavy atom. The summed E-state index contributed by atoms with van der Waals surface area (Å²) in [5.41, 5.74) is 7.42. The Labute approximate surface area is 181 Å². The molecule has 0 spiro atoms. The summed E-state index contributed by atoms with van der Waals surface area (Å²) in [6.07, 6.45) is 0.677. The number of halogens is 2. The minimum atomic E-state index is -0.213. The molecule has 0 bridgehead atoms. The van der Waals surface area contributed by atoms with Gasteiger partial charge in [0.25, 0.3) is 11.8 Å². The number of nitrogens with one attached hydrogen (secondary N) is 2. The van der Waals surface area contributed by atoms with Crippen LogP contribution in [-0.4, -0.2) is 55.4 Å². The largest absolute Gasteiger partial charge is 0.351 e. The van der Waals surface area contributed by atoms with Crippen LogP contribution in [0, 0.1) is 0 Å². The lowest BCUT2D eigenvalue weighted by molar-refractivity contribution is 0.0939. The zero-order valence-electron chi connectivity index (χ0n) is 15.9. The molecule has 1 aromatic heterocycles. The number of aromatic nitrogens is 1. The van der Waals surface area contributed by atoms with Gasteiger partial charge in [-0.25, -0.2) is 4.98 Å². The van der Waals surface area contributed by atoms with E-state index in [4.69, 9.17) is 5.73 Å². The van der Waals surface area contributed by atoms with Crippen LogP contribution >= 0.6 is 36.2 Å². The number of hydrogen-bond donors (Lipinski definition) is 3. The van der Waals surface area contributed by atoms with E-state index in [9.17, 15) is 9.59 Å². The highest BCUT2D eigenvalue weighted by atomic mass is 35.5. The van der Waals surface area contributed by atoms with Crippen molar-refractivity contribution in [2.75, 3.05) is 33.7 Å². The number of amides is 2. The molecule has 0 saturated heterocycles. The highest BCUT2D eigenvalue weighted by Crippen LogP contribution is 2.10. The molecule has 0 unspecified atom stereocenters. The van der Waals surface area contributed by atoms with Crippen LogP contribution in [0.1, 0.15) is 31.4 Å². The Bertz CT molecular complexity index is 738. The maximum Gasteiger partial charge on any atom is 0.271 e. The Kier molecular flexibility index (Phi) is 12.6. The topological polar surface area (TPSA) is 100 Å². The van der Waals surface area contributed by atoms with E-state index in [1.54, 1.807) is 17.5 Å². The number of rotatable bonds is 9. The molecule has 2 aromatic rings. The second-order valence-corrected chi connectivity index (χ2v) is 7.05. The van der Waals surface area contributed by atoms with Gasteiger partial charge in [-0.2, -0.15) is 0 Å². The summed E-state index contributed by atoms with van der Waals surface area (Å²) in [4.78, 5) is 30.4. The monoisotopic (exact) mass is 447 g/mol. The number of likely N-dealkylation sites (N-methyl/N-ethyl adjacent to an activating group) is 1. The average Bonchev–Trinajstić information content (AvgIpc) is 3.09. The SMILES string of the molecule is CN(C)CCNC(=O)c1ccc(CNC(=O)c2csc(CCN)n2)cc1.Cl.Cl. The van der Waals surface area contributed by atoms with Crippen molar-refractivity contribution < 1.29 is 9.59 Å². The van der Waals surface area contributed by atoms with E-state index >= 15 is 0 Å². The van der Waals surface area contributed by atoms with Gasteiger partial charge in [-0.3, -0.25) is 9.59 Å². The number of nitrogens with zero attached hydrogens (tertiary/aromatic N) is 2. The Hall–Kier alpha value is -1.71. The normalized spacial score (nSPS) is 10.0. The van der Waals surface area contributed by atoms with E-state index in [0.717, 1.165) is 17.1 Å². The van der Waals surface area contributed by atoms with E-state index in [1.165, 1.54) is 11.3 Å². The molecular formula is C18H27Cl2N5O2S. The van der Waals surface area contributed by atoms with Crippen LogP contribution in [0.25, 0.3) is 0 Å². The van der Waals surface area contributed by atoms with E-state index in [2.05, 4.69) is 15.6 Å². The summed E-state index contributed by atoms with van der Waals surface area (Å²) >= 11 is 1.44. The maximum atomic E-state index is 12.1. The van der Waals surface area contributed by atoms with Crippen molar-refractivity contribution in [3.63, 3.8) is 0 Å². The third kappa shape index (κ3) is 8.53. The number of carbonyl (C=O) groups excluding carboxylic acids is 2. The minimum absolute atomic E-state index is 0. The standard InChI is InChI=1S/C18H25N5O2S.2ClH/c1-23(2)10-9-20-17(24)14-5-3-13(4-6-14)11-21-18(25)15-12-26-16(22-15)7-8-19;;/h3-6,12H,7-11,19H2,1-2H3,(H,20,24)(H,21,25);2*1H. The van der Waals surface area contributed by atoms with Crippen LogP contribution in [0.5, 0.6) is 0 Å². The van der Waals surface area contributed by atoms with Crippen molar-refractivity contribution >= 4 is 48.0 Å². The molecule has 0 aliphatic carbocycles. The highest BCUT2D eigenvalue weighted by molar-refractivity contribution is 7.09. The number of carbonyl (C=O) groups is 2. The van der Waals surface area contributed by atoms with Gasteiger partial charge in [-0.05, 0) is 38.3 Å². The predicted molar refractivity (Wildman–Crippen MR) is 118 cm³/mol. The van der Waals surface area contributed by atoms with Gasteiger partial charge in [0.2, 0.25) is 0 Å². The zero-order valence-corrected chi connectivity index (χ0v) is 18.4. The fourth-order valence-corrected chi connectivity index (χ4v) is 2.99. The van der Waals surface area contributed by atoms with Crippen LogP contribution in [0.4, 0.5) is 0 Å².